The van der Waals surface area contributed by atoms with Gasteiger partial charge in [0.2, 0.25) is 5.91 Å². The van der Waals surface area contributed by atoms with Gasteiger partial charge in [-0.3, -0.25) is 24.6 Å². The Morgan fingerprint density at radius 1 is 1.33 bits per heavy atom. The normalized spacial score (nSPS) is 18.0. The number of nitrogens with zero attached hydrogens (tertiary/aromatic N) is 2. The lowest BCUT2D eigenvalue weighted by atomic mass is 9.98. The Morgan fingerprint density at radius 3 is 2.70 bits per heavy atom. The fourth-order valence-electron chi connectivity index (χ4n) is 3.76. The van der Waals surface area contributed by atoms with Crippen LogP contribution in [0, 0.1) is 17.0 Å². The number of rotatable bonds is 6. The molecule has 2 N–H and O–H groups in total. The Hall–Kier alpha value is -2.97. The van der Waals surface area contributed by atoms with Gasteiger partial charge in [0.05, 0.1) is 16.2 Å². The van der Waals surface area contributed by atoms with Gasteiger partial charge in [0.25, 0.3) is 11.6 Å². The zero-order valence-corrected chi connectivity index (χ0v) is 15.1. The second-order valence-corrected chi connectivity index (χ2v) is 7.03. The van der Waals surface area contributed by atoms with Crippen molar-refractivity contribution in [2.24, 2.45) is 0 Å². The molecule has 0 atom stereocenters. The van der Waals surface area contributed by atoms with Crippen LogP contribution in [0.25, 0.3) is 0 Å². The van der Waals surface area contributed by atoms with Crippen LogP contribution >= 0.6 is 0 Å². The van der Waals surface area contributed by atoms with E-state index in [1.807, 2.05) is 0 Å². The topological polar surface area (TPSA) is 122 Å². The summed E-state index contributed by atoms with van der Waals surface area (Å²) in [5.41, 5.74) is -0.0318. The SMILES string of the molecule is Cc1c(NC(=O)CCCN2C(=O)NC3(CCCC3)C2=O)cccc1[N+](=O)[O-]. The standard InChI is InChI=1S/C18H22N4O5/c1-12-13(6-4-7-14(12)22(26)27)19-15(23)8-5-11-21-16(24)18(20-17(21)25)9-2-3-10-18/h4,6-7H,2-3,5,8-11H2,1H3,(H,19,23)(H,20,25). The molecule has 3 rings (SSSR count). The molecular weight excluding hydrogens is 352 g/mol. The number of amides is 4. The van der Waals surface area contributed by atoms with E-state index < -0.39 is 16.5 Å². The maximum atomic E-state index is 12.5. The minimum Gasteiger partial charge on any atom is -0.326 e. The third-order valence-corrected chi connectivity index (χ3v) is 5.26. The van der Waals surface area contributed by atoms with Crippen molar-refractivity contribution in [2.75, 3.05) is 11.9 Å². The van der Waals surface area contributed by atoms with Crippen molar-refractivity contribution in [1.82, 2.24) is 10.2 Å². The van der Waals surface area contributed by atoms with Crippen molar-refractivity contribution in [2.45, 2.75) is 51.0 Å². The smallest absolute Gasteiger partial charge is 0.325 e. The molecule has 0 radical (unpaired) electrons. The monoisotopic (exact) mass is 374 g/mol. The Bertz CT molecular complexity index is 801. The zero-order chi connectivity index (χ0) is 19.6. The molecule has 0 aromatic heterocycles. The molecule has 2 aliphatic rings. The van der Waals surface area contributed by atoms with Crippen LogP contribution < -0.4 is 10.6 Å². The quantitative estimate of drug-likeness (QED) is 0.450. The first kappa shape index (κ1) is 18.8. The highest BCUT2D eigenvalue weighted by atomic mass is 16.6. The molecule has 2 fully saturated rings. The summed E-state index contributed by atoms with van der Waals surface area (Å²) in [5, 5.41) is 16.4. The van der Waals surface area contributed by atoms with Crippen LogP contribution in [0.5, 0.6) is 0 Å². The molecule has 1 aromatic rings. The lowest BCUT2D eigenvalue weighted by Gasteiger charge is -2.19. The van der Waals surface area contributed by atoms with E-state index in [2.05, 4.69) is 10.6 Å². The van der Waals surface area contributed by atoms with Crippen LogP contribution in [0.2, 0.25) is 0 Å². The van der Waals surface area contributed by atoms with E-state index >= 15 is 0 Å². The molecule has 0 bridgehead atoms. The second kappa shape index (κ2) is 7.34. The Balaban J connectivity index is 1.53. The lowest BCUT2D eigenvalue weighted by molar-refractivity contribution is -0.385. The number of anilines is 1. The Kier molecular flexibility index (Phi) is 5.11. The minimum absolute atomic E-state index is 0.0611. The molecule has 1 aliphatic carbocycles. The van der Waals surface area contributed by atoms with E-state index in [0.29, 0.717) is 30.5 Å². The zero-order valence-electron chi connectivity index (χ0n) is 15.1. The molecular formula is C18H22N4O5. The third kappa shape index (κ3) is 3.62. The number of carbonyl (C=O) groups excluding carboxylic acids is 3. The largest absolute Gasteiger partial charge is 0.326 e. The summed E-state index contributed by atoms with van der Waals surface area (Å²) in [6.07, 6.45) is 3.61. The van der Waals surface area contributed by atoms with Gasteiger partial charge in [0.1, 0.15) is 5.54 Å². The van der Waals surface area contributed by atoms with Crippen molar-refractivity contribution < 1.29 is 19.3 Å². The number of carbonyl (C=O) groups is 3. The Morgan fingerprint density at radius 2 is 2.04 bits per heavy atom. The molecule has 27 heavy (non-hydrogen) atoms. The first-order valence-corrected chi connectivity index (χ1v) is 9.02. The van der Waals surface area contributed by atoms with E-state index in [9.17, 15) is 24.5 Å². The van der Waals surface area contributed by atoms with Crippen LogP contribution in [0.15, 0.2) is 18.2 Å². The van der Waals surface area contributed by atoms with Crippen LogP contribution in [-0.4, -0.2) is 39.8 Å². The number of hydrogen-bond donors (Lipinski definition) is 2. The first-order chi connectivity index (χ1) is 12.8. The number of nitro groups is 1. The summed E-state index contributed by atoms with van der Waals surface area (Å²) >= 11 is 0. The van der Waals surface area contributed by atoms with Crippen LogP contribution in [0.3, 0.4) is 0 Å². The highest BCUT2D eigenvalue weighted by molar-refractivity contribution is 6.07. The number of nitrogens with one attached hydrogen (secondary N) is 2. The highest BCUT2D eigenvalue weighted by Crippen LogP contribution is 2.35. The van der Waals surface area contributed by atoms with Crippen molar-refractivity contribution in [1.29, 1.82) is 0 Å². The van der Waals surface area contributed by atoms with E-state index in [1.165, 1.54) is 17.0 Å². The summed E-state index contributed by atoms with van der Waals surface area (Å²) in [4.78, 5) is 48.4. The van der Waals surface area contributed by atoms with Gasteiger partial charge >= 0.3 is 6.03 Å². The fraction of sp³-hybridized carbons (Fsp3) is 0.500. The molecule has 1 spiro atoms. The maximum Gasteiger partial charge on any atom is 0.325 e. The highest BCUT2D eigenvalue weighted by Gasteiger charge is 2.52. The molecule has 1 saturated heterocycles. The van der Waals surface area contributed by atoms with Gasteiger partial charge in [-0.15, -0.1) is 0 Å². The fourth-order valence-corrected chi connectivity index (χ4v) is 3.76. The molecule has 1 aromatic carbocycles. The molecule has 1 aliphatic heterocycles. The first-order valence-electron chi connectivity index (χ1n) is 9.02. The summed E-state index contributed by atoms with van der Waals surface area (Å²) in [6, 6.07) is 4.09. The van der Waals surface area contributed by atoms with Crippen molar-refractivity contribution >= 4 is 29.2 Å². The van der Waals surface area contributed by atoms with E-state index in [0.717, 1.165) is 12.8 Å². The van der Waals surface area contributed by atoms with Crippen molar-refractivity contribution in [3.63, 3.8) is 0 Å². The van der Waals surface area contributed by atoms with Gasteiger partial charge in [-0.05, 0) is 32.3 Å². The number of nitro benzene ring substituents is 1. The predicted octanol–water partition coefficient (Wildman–Crippen LogP) is 2.49. The van der Waals surface area contributed by atoms with Gasteiger partial charge in [0, 0.05) is 19.0 Å². The molecule has 9 nitrogen and oxygen atoms in total. The number of hydrogen-bond acceptors (Lipinski definition) is 5. The van der Waals surface area contributed by atoms with Crippen molar-refractivity contribution in [3.8, 4) is 0 Å². The average Bonchev–Trinajstić information content (AvgIpc) is 3.17. The van der Waals surface area contributed by atoms with Gasteiger partial charge in [-0.25, -0.2) is 4.79 Å². The van der Waals surface area contributed by atoms with Gasteiger partial charge in [-0.2, -0.15) is 0 Å². The van der Waals surface area contributed by atoms with Gasteiger partial charge < -0.3 is 10.6 Å². The lowest BCUT2D eigenvalue weighted by Crippen LogP contribution is -2.44. The number of urea groups is 1. The predicted molar refractivity (Wildman–Crippen MR) is 97.1 cm³/mol. The third-order valence-electron chi connectivity index (χ3n) is 5.26. The number of benzene rings is 1. The summed E-state index contributed by atoms with van der Waals surface area (Å²) in [7, 11) is 0. The Labute approximate surface area is 156 Å². The van der Waals surface area contributed by atoms with Gasteiger partial charge in [-0.1, -0.05) is 18.9 Å². The average molecular weight is 374 g/mol. The molecule has 144 valence electrons. The maximum absolute atomic E-state index is 12.5. The number of imide groups is 1. The molecule has 0 unspecified atom stereocenters. The summed E-state index contributed by atoms with van der Waals surface area (Å²) in [5.74, 6) is -0.513. The van der Waals surface area contributed by atoms with Crippen LogP contribution in [-0.2, 0) is 9.59 Å². The molecule has 1 saturated carbocycles. The summed E-state index contributed by atoms with van der Waals surface area (Å²) < 4.78 is 0. The second-order valence-electron chi connectivity index (χ2n) is 7.03. The van der Waals surface area contributed by atoms with Crippen molar-refractivity contribution in [3.05, 3.63) is 33.9 Å². The van der Waals surface area contributed by atoms with Crippen LogP contribution in [0.4, 0.5) is 16.2 Å². The minimum atomic E-state index is -0.737. The molecule has 4 amide bonds. The van der Waals surface area contributed by atoms with E-state index in [1.54, 1.807) is 13.0 Å². The van der Waals surface area contributed by atoms with Gasteiger partial charge in [0.15, 0.2) is 0 Å². The summed E-state index contributed by atoms with van der Waals surface area (Å²) in [6.45, 7) is 1.75. The van der Waals surface area contributed by atoms with E-state index in [4.69, 9.17) is 0 Å². The molecule has 9 heteroatoms. The van der Waals surface area contributed by atoms with E-state index in [-0.39, 0.29) is 30.5 Å². The molecule has 1 heterocycles. The van der Waals surface area contributed by atoms with Crippen LogP contribution in [0.1, 0.15) is 44.1 Å².